The van der Waals surface area contributed by atoms with Crippen LogP contribution in [0.2, 0.25) is 0 Å². The third kappa shape index (κ3) is 5.06. The summed E-state index contributed by atoms with van der Waals surface area (Å²) < 4.78 is 13.6. The van der Waals surface area contributed by atoms with Crippen LogP contribution in [0.1, 0.15) is 25.3 Å². The summed E-state index contributed by atoms with van der Waals surface area (Å²) in [5.74, 6) is 0.0323. The largest absolute Gasteiger partial charge is 0.354 e. The van der Waals surface area contributed by atoms with Crippen LogP contribution in [-0.4, -0.2) is 25.0 Å². The van der Waals surface area contributed by atoms with Crippen LogP contribution in [0.4, 0.5) is 14.9 Å². The number of benzene rings is 1. The number of nitrogens with one attached hydrogen (secondary N) is 3. The molecule has 0 atom stereocenters. The SMILES string of the molecule is CCc1ccc(NC(=O)NCC(=O)NCC2CC2)cc1F. The molecule has 5 nitrogen and oxygen atoms in total. The van der Waals surface area contributed by atoms with Gasteiger partial charge in [0.25, 0.3) is 0 Å². The molecule has 2 rings (SSSR count). The molecule has 0 heterocycles. The molecule has 0 bridgehead atoms. The molecule has 1 aliphatic rings. The quantitative estimate of drug-likeness (QED) is 0.751. The summed E-state index contributed by atoms with van der Waals surface area (Å²) in [6.45, 7) is 2.44. The van der Waals surface area contributed by atoms with Gasteiger partial charge in [-0.2, -0.15) is 0 Å². The van der Waals surface area contributed by atoms with Crippen LogP contribution >= 0.6 is 0 Å². The molecule has 1 fully saturated rings. The maximum Gasteiger partial charge on any atom is 0.319 e. The number of urea groups is 1. The first-order valence-corrected chi connectivity index (χ1v) is 7.18. The van der Waals surface area contributed by atoms with Crippen molar-refractivity contribution in [2.75, 3.05) is 18.4 Å². The van der Waals surface area contributed by atoms with Gasteiger partial charge in [0.15, 0.2) is 0 Å². The summed E-state index contributed by atoms with van der Waals surface area (Å²) in [6.07, 6.45) is 2.92. The molecule has 0 spiro atoms. The first kappa shape index (κ1) is 15.3. The van der Waals surface area contributed by atoms with Gasteiger partial charge >= 0.3 is 6.03 Å². The predicted molar refractivity (Wildman–Crippen MR) is 78.5 cm³/mol. The number of carbonyl (C=O) groups is 2. The Kier molecular flexibility index (Phi) is 5.14. The minimum Gasteiger partial charge on any atom is -0.354 e. The normalized spacial score (nSPS) is 13.6. The molecule has 0 radical (unpaired) electrons. The summed E-state index contributed by atoms with van der Waals surface area (Å²) in [4.78, 5) is 23.1. The lowest BCUT2D eigenvalue weighted by molar-refractivity contribution is -0.120. The highest BCUT2D eigenvalue weighted by molar-refractivity contribution is 5.92. The summed E-state index contributed by atoms with van der Waals surface area (Å²) in [6, 6.07) is 4.01. The van der Waals surface area contributed by atoms with E-state index < -0.39 is 6.03 Å². The second-order valence-electron chi connectivity index (χ2n) is 5.21. The van der Waals surface area contributed by atoms with Crippen LogP contribution in [0.15, 0.2) is 18.2 Å². The number of halogens is 1. The summed E-state index contributed by atoms with van der Waals surface area (Å²) in [5.41, 5.74) is 0.959. The number of hydrogen-bond donors (Lipinski definition) is 3. The fourth-order valence-electron chi connectivity index (χ4n) is 1.89. The van der Waals surface area contributed by atoms with E-state index in [1.807, 2.05) is 6.92 Å². The van der Waals surface area contributed by atoms with E-state index in [1.165, 1.54) is 6.07 Å². The minimum atomic E-state index is -0.528. The van der Waals surface area contributed by atoms with Crippen molar-refractivity contribution in [3.8, 4) is 0 Å². The molecule has 3 amide bonds. The van der Waals surface area contributed by atoms with Crippen molar-refractivity contribution in [1.29, 1.82) is 0 Å². The van der Waals surface area contributed by atoms with Gasteiger partial charge in [-0.25, -0.2) is 9.18 Å². The van der Waals surface area contributed by atoms with Crippen LogP contribution in [0, 0.1) is 11.7 Å². The van der Waals surface area contributed by atoms with Crippen LogP contribution in [0.3, 0.4) is 0 Å². The molecule has 3 N–H and O–H groups in total. The Morgan fingerprint density at radius 3 is 2.67 bits per heavy atom. The number of carbonyl (C=O) groups excluding carboxylic acids is 2. The second-order valence-corrected chi connectivity index (χ2v) is 5.21. The molecule has 1 aromatic rings. The first-order valence-electron chi connectivity index (χ1n) is 7.18. The number of anilines is 1. The summed E-state index contributed by atoms with van der Waals surface area (Å²) in [5, 5.41) is 7.68. The summed E-state index contributed by atoms with van der Waals surface area (Å²) in [7, 11) is 0. The lowest BCUT2D eigenvalue weighted by atomic mass is 10.1. The van der Waals surface area contributed by atoms with Gasteiger partial charge in [-0.15, -0.1) is 0 Å². The standard InChI is InChI=1S/C15H20FN3O2/c1-2-11-5-6-12(7-13(11)16)19-15(21)18-9-14(20)17-8-10-3-4-10/h5-7,10H,2-4,8-9H2,1H3,(H,17,20)(H2,18,19,21). The lowest BCUT2D eigenvalue weighted by Gasteiger charge is -2.09. The second kappa shape index (κ2) is 7.06. The Balaban J connectivity index is 1.73. The predicted octanol–water partition coefficient (Wildman–Crippen LogP) is 2.04. The Labute approximate surface area is 123 Å². The van der Waals surface area contributed by atoms with Crippen molar-refractivity contribution in [1.82, 2.24) is 10.6 Å². The number of aryl methyl sites for hydroxylation is 1. The van der Waals surface area contributed by atoms with E-state index in [2.05, 4.69) is 16.0 Å². The van der Waals surface area contributed by atoms with Crippen LogP contribution < -0.4 is 16.0 Å². The third-order valence-electron chi connectivity index (χ3n) is 3.39. The molecule has 0 aliphatic heterocycles. The fourth-order valence-corrected chi connectivity index (χ4v) is 1.89. The van der Waals surface area contributed by atoms with E-state index in [1.54, 1.807) is 12.1 Å². The molecular weight excluding hydrogens is 273 g/mol. The van der Waals surface area contributed by atoms with Gasteiger partial charge in [0.05, 0.1) is 6.54 Å². The zero-order valence-corrected chi connectivity index (χ0v) is 12.0. The molecule has 1 aromatic carbocycles. The Hall–Kier alpha value is -2.11. The smallest absolute Gasteiger partial charge is 0.319 e. The van der Waals surface area contributed by atoms with Gasteiger partial charge in [-0.3, -0.25) is 4.79 Å². The van der Waals surface area contributed by atoms with E-state index in [9.17, 15) is 14.0 Å². The van der Waals surface area contributed by atoms with Crippen LogP contribution in [-0.2, 0) is 11.2 Å². The fraction of sp³-hybridized carbons (Fsp3) is 0.467. The van der Waals surface area contributed by atoms with Crippen molar-refractivity contribution < 1.29 is 14.0 Å². The molecule has 0 saturated heterocycles. The monoisotopic (exact) mass is 293 g/mol. The summed E-state index contributed by atoms with van der Waals surface area (Å²) >= 11 is 0. The van der Waals surface area contributed by atoms with Crippen LogP contribution in [0.25, 0.3) is 0 Å². The first-order chi connectivity index (χ1) is 10.1. The molecule has 0 unspecified atom stereocenters. The third-order valence-corrected chi connectivity index (χ3v) is 3.39. The van der Waals surface area contributed by atoms with Crippen LogP contribution in [0.5, 0.6) is 0 Å². The molecular formula is C15H20FN3O2. The van der Waals surface area contributed by atoms with E-state index in [-0.39, 0.29) is 18.3 Å². The molecule has 6 heteroatoms. The van der Waals surface area contributed by atoms with Gasteiger partial charge in [0, 0.05) is 12.2 Å². The van der Waals surface area contributed by atoms with E-state index in [4.69, 9.17) is 0 Å². The van der Waals surface area contributed by atoms with E-state index in [0.717, 1.165) is 12.8 Å². The number of rotatable bonds is 6. The van der Waals surface area contributed by atoms with Gasteiger partial charge < -0.3 is 16.0 Å². The minimum absolute atomic E-state index is 0.0892. The van der Waals surface area contributed by atoms with E-state index >= 15 is 0 Å². The van der Waals surface area contributed by atoms with Crippen molar-refractivity contribution in [2.45, 2.75) is 26.2 Å². The lowest BCUT2D eigenvalue weighted by Crippen LogP contribution is -2.39. The highest BCUT2D eigenvalue weighted by Gasteiger charge is 2.21. The Bertz CT molecular complexity index is 530. The molecule has 21 heavy (non-hydrogen) atoms. The zero-order chi connectivity index (χ0) is 15.2. The van der Waals surface area contributed by atoms with Gasteiger partial charge in [-0.1, -0.05) is 13.0 Å². The average molecular weight is 293 g/mol. The number of amides is 3. The molecule has 1 saturated carbocycles. The highest BCUT2D eigenvalue weighted by atomic mass is 19.1. The van der Waals surface area contributed by atoms with Crippen molar-refractivity contribution in [3.05, 3.63) is 29.6 Å². The maximum absolute atomic E-state index is 13.6. The molecule has 114 valence electrons. The van der Waals surface area contributed by atoms with Gasteiger partial charge in [0.1, 0.15) is 5.82 Å². The van der Waals surface area contributed by atoms with Crippen molar-refractivity contribution in [2.24, 2.45) is 5.92 Å². The zero-order valence-electron chi connectivity index (χ0n) is 12.0. The van der Waals surface area contributed by atoms with Crippen molar-refractivity contribution in [3.63, 3.8) is 0 Å². The molecule has 1 aliphatic carbocycles. The van der Waals surface area contributed by atoms with Gasteiger partial charge in [0.2, 0.25) is 5.91 Å². The number of hydrogen-bond acceptors (Lipinski definition) is 2. The topological polar surface area (TPSA) is 70.2 Å². The Morgan fingerprint density at radius 2 is 2.05 bits per heavy atom. The van der Waals surface area contributed by atoms with E-state index in [0.29, 0.717) is 30.1 Å². The molecule has 0 aromatic heterocycles. The van der Waals surface area contributed by atoms with Crippen molar-refractivity contribution >= 4 is 17.6 Å². The average Bonchev–Trinajstić information content (AvgIpc) is 3.27. The Morgan fingerprint density at radius 1 is 1.29 bits per heavy atom. The highest BCUT2D eigenvalue weighted by Crippen LogP contribution is 2.27. The maximum atomic E-state index is 13.6. The van der Waals surface area contributed by atoms with Gasteiger partial charge in [-0.05, 0) is 42.9 Å².